The molecule has 1 aliphatic rings. The molecule has 0 atom stereocenters. The van der Waals surface area contributed by atoms with E-state index in [-0.39, 0.29) is 5.82 Å². The van der Waals surface area contributed by atoms with Crippen LogP contribution in [0.4, 0.5) is 10.3 Å². The van der Waals surface area contributed by atoms with E-state index in [1.807, 2.05) is 6.07 Å². The number of hydrogen-bond acceptors (Lipinski definition) is 4. The summed E-state index contributed by atoms with van der Waals surface area (Å²) in [6, 6.07) is 6.82. The van der Waals surface area contributed by atoms with Crippen LogP contribution in [0.3, 0.4) is 0 Å². The molecule has 2 heterocycles. The predicted octanol–water partition coefficient (Wildman–Crippen LogP) is 1.67. The van der Waals surface area contributed by atoms with Crippen LogP contribution in [0.5, 0.6) is 0 Å². The molecule has 0 spiro atoms. The highest BCUT2D eigenvalue weighted by Crippen LogP contribution is 2.19. The van der Waals surface area contributed by atoms with Gasteiger partial charge in [-0.2, -0.15) is 0 Å². The van der Waals surface area contributed by atoms with Gasteiger partial charge in [-0.3, -0.25) is 0 Å². The number of benzene rings is 1. The fourth-order valence-corrected chi connectivity index (χ4v) is 1.79. The summed E-state index contributed by atoms with van der Waals surface area (Å²) < 4.78 is 13.1. The zero-order valence-corrected chi connectivity index (χ0v) is 9.73. The van der Waals surface area contributed by atoms with Crippen molar-refractivity contribution in [1.29, 1.82) is 0 Å². The molecular weight excluding hydrogens is 231 g/mol. The molecule has 1 aromatic heterocycles. The predicted molar refractivity (Wildman–Crippen MR) is 67.7 cm³/mol. The molecule has 0 aliphatic carbocycles. The first-order chi connectivity index (χ1) is 8.81. The van der Waals surface area contributed by atoms with E-state index in [0.29, 0.717) is 12.0 Å². The molecule has 5 heteroatoms. The minimum atomic E-state index is -0.254. The molecule has 3 rings (SSSR count). The first kappa shape index (κ1) is 11.1. The lowest BCUT2D eigenvalue weighted by atomic mass is 10.1. The number of hydrogen-bond donors (Lipinski definition) is 2. The summed E-state index contributed by atoms with van der Waals surface area (Å²) in [5, 5.41) is 6.37. The van der Waals surface area contributed by atoms with E-state index in [0.717, 1.165) is 24.2 Å². The Labute approximate surface area is 104 Å². The van der Waals surface area contributed by atoms with E-state index in [9.17, 15) is 4.39 Å². The summed E-state index contributed by atoms with van der Waals surface area (Å²) in [7, 11) is 0. The average molecular weight is 244 g/mol. The van der Waals surface area contributed by atoms with Crippen LogP contribution in [0.25, 0.3) is 11.1 Å². The molecule has 2 aromatic rings. The number of anilines is 1. The minimum absolute atomic E-state index is 0.254. The van der Waals surface area contributed by atoms with E-state index in [1.54, 1.807) is 18.5 Å². The quantitative estimate of drug-likeness (QED) is 0.862. The maximum absolute atomic E-state index is 13.1. The van der Waals surface area contributed by atoms with E-state index >= 15 is 0 Å². The number of nitrogens with zero attached hydrogens (tertiary/aromatic N) is 2. The minimum Gasteiger partial charge on any atom is -0.349 e. The molecule has 0 unspecified atom stereocenters. The van der Waals surface area contributed by atoms with Crippen molar-refractivity contribution in [2.75, 3.05) is 18.4 Å². The summed E-state index contributed by atoms with van der Waals surface area (Å²) in [4.78, 5) is 8.47. The third kappa shape index (κ3) is 2.31. The summed E-state index contributed by atoms with van der Waals surface area (Å²) in [5.41, 5.74) is 1.60. The highest BCUT2D eigenvalue weighted by Gasteiger charge is 2.16. The molecule has 92 valence electrons. The number of halogens is 1. The smallest absolute Gasteiger partial charge is 0.222 e. The molecule has 2 N–H and O–H groups in total. The van der Waals surface area contributed by atoms with Crippen LogP contribution in [-0.4, -0.2) is 29.1 Å². The fraction of sp³-hybridized carbons (Fsp3) is 0.231. The number of aromatic nitrogens is 2. The van der Waals surface area contributed by atoms with Crippen molar-refractivity contribution in [3.63, 3.8) is 0 Å². The maximum Gasteiger partial charge on any atom is 0.222 e. The van der Waals surface area contributed by atoms with Gasteiger partial charge in [0, 0.05) is 31.0 Å². The topological polar surface area (TPSA) is 49.8 Å². The zero-order valence-electron chi connectivity index (χ0n) is 9.73. The summed E-state index contributed by atoms with van der Waals surface area (Å²) in [5.74, 6) is 0.358. The van der Waals surface area contributed by atoms with Crippen molar-refractivity contribution in [3.8, 4) is 11.1 Å². The second kappa shape index (κ2) is 4.70. The van der Waals surface area contributed by atoms with Crippen LogP contribution >= 0.6 is 0 Å². The van der Waals surface area contributed by atoms with E-state index in [2.05, 4.69) is 20.6 Å². The van der Waals surface area contributed by atoms with Gasteiger partial charge in [0.25, 0.3) is 0 Å². The number of nitrogens with one attached hydrogen (secondary N) is 2. The van der Waals surface area contributed by atoms with Gasteiger partial charge in [0.1, 0.15) is 5.82 Å². The fourth-order valence-electron chi connectivity index (χ4n) is 1.79. The van der Waals surface area contributed by atoms with Crippen LogP contribution in [0.15, 0.2) is 36.7 Å². The lowest BCUT2D eigenvalue weighted by Crippen LogP contribution is -2.51. The Kier molecular flexibility index (Phi) is 2.90. The summed E-state index contributed by atoms with van der Waals surface area (Å²) in [6.07, 6.45) is 3.41. The standard InChI is InChI=1S/C13H13FN4/c14-11-3-1-2-9(4-11)10-5-16-13(17-6-10)18-12-7-15-8-12/h1-6,12,15H,7-8H2,(H,16,17,18). The lowest BCUT2D eigenvalue weighted by molar-refractivity contribution is 0.470. The van der Waals surface area contributed by atoms with Crippen molar-refractivity contribution in [3.05, 3.63) is 42.5 Å². The van der Waals surface area contributed by atoms with E-state index in [4.69, 9.17) is 0 Å². The van der Waals surface area contributed by atoms with Crippen molar-refractivity contribution in [2.24, 2.45) is 0 Å². The first-order valence-corrected chi connectivity index (χ1v) is 5.86. The van der Waals surface area contributed by atoms with Gasteiger partial charge in [0.05, 0.1) is 6.04 Å². The Morgan fingerprint density at radius 2 is 1.94 bits per heavy atom. The first-order valence-electron chi connectivity index (χ1n) is 5.86. The van der Waals surface area contributed by atoms with Gasteiger partial charge < -0.3 is 10.6 Å². The number of rotatable bonds is 3. The van der Waals surface area contributed by atoms with Crippen molar-refractivity contribution >= 4 is 5.95 Å². The average Bonchev–Trinajstić information content (AvgIpc) is 2.35. The van der Waals surface area contributed by atoms with Crippen molar-refractivity contribution in [2.45, 2.75) is 6.04 Å². The molecule has 0 amide bonds. The monoisotopic (exact) mass is 244 g/mol. The Hall–Kier alpha value is -2.01. The van der Waals surface area contributed by atoms with Crippen molar-refractivity contribution < 1.29 is 4.39 Å². The molecule has 1 aliphatic heterocycles. The zero-order chi connectivity index (χ0) is 12.4. The normalized spacial score (nSPS) is 15.2. The van der Waals surface area contributed by atoms with Crippen LogP contribution < -0.4 is 10.6 Å². The maximum atomic E-state index is 13.1. The largest absolute Gasteiger partial charge is 0.349 e. The Balaban J connectivity index is 1.77. The highest BCUT2D eigenvalue weighted by atomic mass is 19.1. The van der Waals surface area contributed by atoms with Gasteiger partial charge in [-0.05, 0) is 17.7 Å². The van der Waals surface area contributed by atoms with Gasteiger partial charge in [-0.1, -0.05) is 12.1 Å². The Bertz CT molecular complexity index is 537. The molecule has 4 nitrogen and oxygen atoms in total. The second-order valence-corrected chi connectivity index (χ2v) is 4.31. The van der Waals surface area contributed by atoms with Gasteiger partial charge >= 0.3 is 0 Å². The van der Waals surface area contributed by atoms with Crippen LogP contribution in [0.1, 0.15) is 0 Å². The Morgan fingerprint density at radius 1 is 1.17 bits per heavy atom. The van der Waals surface area contributed by atoms with Gasteiger partial charge in [-0.25, -0.2) is 14.4 Å². The van der Waals surface area contributed by atoms with Crippen LogP contribution in [0, 0.1) is 5.82 Å². The summed E-state index contributed by atoms with van der Waals surface area (Å²) in [6.45, 7) is 1.88. The molecule has 1 fully saturated rings. The van der Waals surface area contributed by atoms with Gasteiger partial charge in [0.2, 0.25) is 5.95 Å². The Morgan fingerprint density at radius 3 is 2.56 bits per heavy atom. The molecule has 1 aromatic carbocycles. The molecule has 0 saturated carbocycles. The highest BCUT2D eigenvalue weighted by molar-refractivity contribution is 5.61. The molecule has 1 saturated heterocycles. The van der Waals surface area contributed by atoms with Crippen LogP contribution in [0.2, 0.25) is 0 Å². The molecule has 18 heavy (non-hydrogen) atoms. The third-order valence-corrected chi connectivity index (χ3v) is 2.92. The summed E-state index contributed by atoms with van der Waals surface area (Å²) >= 11 is 0. The molecule has 0 radical (unpaired) electrons. The van der Waals surface area contributed by atoms with Crippen molar-refractivity contribution in [1.82, 2.24) is 15.3 Å². The van der Waals surface area contributed by atoms with E-state index < -0.39 is 0 Å². The van der Waals surface area contributed by atoms with Gasteiger partial charge in [0.15, 0.2) is 0 Å². The van der Waals surface area contributed by atoms with E-state index in [1.165, 1.54) is 12.1 Å². The van der Waals surface area contributed by atoms with Crippen LogP contribution in [-0.2, 0) is 0 Å². The molecular formula is C13H13FN4. The van der Waals surface area contributed by atoms with Gasteiger partial charge in [-0.15, -0.1) is 0 Å². The SMILES string of the molecule is Fc1cccc(-c2cnc(NC3CNC3)nc2)c1. The second-order valence-electron chi connectivity index (χ2n) is 4.31. The molecule has 0 bridgehead atoms. The third-order valence-electron chi connectivity index (χ3n) is 2.92. The lowest BCUT2D eigenvalue weighted by Gasteiger charge is -2.27.